The Morgan fingerprint density at radius 3 is 2.00 bits per heavy atom. The first-order chi connectivity index (χ1) is 15.0. The van der Waals surface area contributed by atoms with Crippen LogP contribution in [0.25, 0.3) is 0 Å². The lowest BCUT2D eigenvalue weighted by molar-refractivity contribution is 0.262. The first-order valence-electron chi connectivity index (χ1n) is 9.58. The van der Waals surface area contributed by atoms with Crippen molar-refractivity contribution in [2.45, 2.75) is 13.5 Å². The molecule has 6 N–H and O–H groups in total. The lowest BCUT2D eigenvalue weighted by Gasteiger charge is -2.10. The molecule has 0 saturated heterocycles. The third-order valence-electron chi connectivity index (χ3n) is 4.24. The molecule has 0 fully saturated rings. The summed E-state index contributed by atoms with van der Waals surface area (Å²) >= 11 is 0. The van der Waals surface area contributed by atoms with E-state index < -0.39 is 0 Å². The van der Waals surface area contributed by atoms with Gasteiger partial charge in [-0.15, -0.1) is 5.10 Å². The number of rotatable bonds is 7. The Hall–Kier alpha value is -4.33. The topological polar surface area (TPSA) is 127 Å². The summed E-state index contributed by atoms with van der Waals surface area (Å²) in [5, 5.41) is 13.1. The number of hydrogen-bond donors (Lipinski definition) is 4. The van der Waals surface area contributed by atoms with Crippen LogP contribution in [-0.4, -0.2) is 17.7 Å². The monoisotopic (exact) mass is 416 g/mol. The molecule has 158 valence electrons. The van der Waals surface area contributed by atoms with E-state index in [1.165, 1.54) is 0 Å². The van der Waals surface area contributed by atoms with Gasteiger partial charge in [0, 0.05) is 11.4 Å². The predicted octanol–water partition coefficient (Wildman–Crippen LogP) is 3.91. The van der Waals surface area contributed by atoms with Crippen molar-refractivity contribution in [1.29, 1.82) is 0 Å². The fourth-order valence-corrected chi connectivity index (χ4v) is 2.65. The maximum Gasteiger partial charge on any atom is 0.323 e. The van der Waals surface area contributed by atoms with E-state index in [9.17, 15) is 4.79 Å². The zero-order valence-electron chi connectivity index (χ0n) is 17.1. The SMILES string of the molecule is C/C(=N\N=C(N)N)c1ccc(NC(=O)Nc2ccc(OCc3ccccc3)cc2)cc1. The lowest BCUT2D eigenvalue weighted by atomic mass is 10.1. The molecular weight excluding hydrogens is 392 g/mol. The van der Waals surface area contributed by atoms with Crippen molar-refractivity contribution in [2.75, 3.05) is 10.6 Å². The molecule has 3 rings (SSSR count). The Morgan fingerprint density at radius 2 is 1.42 bits per heavy atom. The van der Waals surface area contributed by atoms with Crippen LogP contribution in [-0.2, 0) is 6.61 Å². The van der Waals surface area contributed by atoms with Gasteiger partial charge in [-0.25, -0.2) is 4.79 Å². The number of urea groups is 1. The number of anilines is 2. The van der Waals surface area contributed by atoms with Crippen molar-refractivity contribution in [2.24, 2.45) is 21.7 Å². The normalized spacial score (nSPS) is 10.8. The highest BCUT2D eigenvalue weighted by Crippen LogP contribution is 2.18. The Balaban J connectivity index is 1.51. The summed E-state index contributed by atoms with van der Waals surface area (Å²) < 4.78 is 5.75. The highest BCUT2D eigenvalue weighted by molar-refractivity contribution is 6.01. The summed E-state index contributed by atoms with van der Waals surface area (Å²) in [6.45, 7) is 2.27. The van der Waals surface area contributed by atoms with Gasteiger partial charge in [0.05, 0.1) is 5.71 Å². The fourth-order valence-electron chi connectivity index (χ4n) is 2.65. The second-order valence-corrected chi connectivity index (χ2v) is 6.67. The molecule has 0 radical (unpaired) electrons. The van der Waals surface area contributed by atoms with Crippen LogP contribution in [0.2, 0.25) is 0 Å². The lowest BCUT2D eigenvalue weighted by Crippen LogP contribution is -2.22. The Labute approximate surface area is 180 Å². The van der Waals surface area contributed by atoms with Crippen LogP contribution in [0.5, 0.6) is 5.75 Å². The van der Waals surface area contributed by atoms with E-state index in [0.717, 1.165) is 16.9 Å². The van der Waals surface area contributed by atoms with Crippen LogP contribution in [0.3, 0.4) is 0 Å². The Bertz CT molecular complexity index is 1060. The van der Waals surface area contributed by atoms with Crippen LogP contribution in [0.15, 0.2) is 89.1 Å². The molecule has 0 spiro atoms. The molecule has 0 aliphatic carbocycles. The number of carbonyl (C=O) groups excluding carboxylic acids is 1. The highest BCUT2D eigenvalue weighted by Gasteiger charge is 2.05. The molecular formula is C23H24N6O2. The van der Waals surface area contributed by atoms with E-state index in [1.54, 1.807) is 31.2 Å². The quantitative estimate of drug-likeness (QED) is 0.264. The number of nitrogens with zero attached hydrogens (tertiary/aromatic N) is 2. The summed E-state index contributed by atoms with van der Waals surface area (Å²) in [4.78, 5) is 12.3. The molecule has 3 aromatic carbocycles. The van der Waals surface area contributed by atoms with Gasteiger partial charge in [-0.1, -0.05) is 42.5 Å². The molecule has 0 heterocycles. The Kier molecular flexibility index (Phi) is 7.21. The second-order valence-electron chi connectivity index (χ2n) is 6.67. The first-order valence-corrected chi connectivity index (χ1v) is 9.58. The smallest absolute Gasteiger partial charge is 0.323 e. The minimum absolute atomic E-state index is 0.106. The molecule has 0 aliphatic rings. The highest BCUT2D eigenvalue weighted by atomic mass is 16.5. The van der Waals surface area contributed by atoms with Gasteiger partial charge in [-0.3, -0.25) is 0 Å². The largest absolute Gasteiger partial charge is 0.489 e. The number of carbonyl (C=O) groups is 1. The van der Waals surface area contributed by atoms with Gasteiger partial charge in [-0.2, -0.15) is 5.10 Å². The standard InChI is InChI=1S/C23H24N6O2/c1-16(28-29-22(24)25)18-7-9-19(10-8-18)26-23(30)27-20-11-13-21(14-12-20)31-15-17-5-3-2-4-6-17/h2-14H,15H2,1H3,(H4,24,25,29)(H2,26,27,30)/b28-16+. The molecule has 8 heteroatoms. The van der Waals surface area contributed by atoms with Crippen molar-refractivity contribution in [3.63, 3.8) is 0 Å². The molecule has 31 heavy (non-hydrogen) atoms. The Morgan fingerprint density at radius 1 is 0.839 bits per heavy atom. The summed E-state index contributed by atoms with van der Waals surface area (Å²) in [7, 11) is 0. The van der Waals surface area contributed by atoms with Crippen molar-refractivity contribution < 1.29 is 9.53 Å². The zero-order valence-corrected chi connectivity index (χ0v) is 17.1. The number of guanidine groups is 1. The van der Waals surface area contributed by atoms with Gasteiger partial charge < -0.3 is 26.8 Å². The minimum atomic E-state index is -0.350. The number of amides is 2. The number of benzene rings is 3. The van der Waals surface area contributed by atoms with Crippen LogP contribution in [0.1, 0.15) is 18.1 Å². The average molecular weight is 416 g/mol. The van der Waals surface area contributed by atoms with E-state index in [4.69, 9.17) is 16.2 Å². The average Bonchev–Trinajstić information content (AvgIpc) is 2.78. The number of nitrogens with two attached hydrogens (primary N) is 2. The van der Waals surface area contributed by atoms with E-state index >= 15 is 0 Å². The van der Waals surface area contributed by atoms with Gasteiger partial charge in [0.25, 0.3) is 0 Å². The van der Waals surface area contributed by atoms with E-state index in [-0.39, 0.29) is 12.0 Å². The van der Waals surface area contributed by atoms with Crippen LogP contribution in [0.4, 0.5) is 16.2 Å². The van der Waals surface area contributed by atoms with Crippen molar-refractivity contribution in [1.82, 2.24) is 0 Å². The van der Waals surface area contributed by atoms with E-state index in [1.807, 2.05) is 54.6 Å². The van der Waals surface area contributed by atoms with Crippen molar-refractivity contribution in [3.8, 4) is 5.75 Å². The fraction of sp³-hybridized carbons (Fsp3) is 0.0870. The van der Waals surface area contributed by atoms with E-state index in [2.05, 4.69) is 20.8 Å². The third-order valence-corrected chi connectivity index (χ3v) is 4.24. The predicted molar refractivity (Wildman–Crippen MR) is 124 cm³/mol. The molecule has 0 aliphatic heterocycles. The summed E-state index contributed by atoms with van der Waals surface area (Å²) in [6, 6.07) is 23.9. The molecule has 0 unspecified atom stereocenters. The summed E-state index contributed by atoms with van der Waals surface area (Å²) in [6.07, 6.45) is 0. The molecule has 0 atom stereocenters. The third kappa shape index (κ3) is 6.90. The van der Waals surface area contributed by atoms with Crippen LogP contribution < -0.4 is 26.8 Å². The minimum Gasteiger partial charge on any atom is -0.489 e. The number of ether oxygens (including phenoxy) is 1. The molecule has 2 amide bonds. The molecule has 8 nitrogen and oxygen atoms in total. The van der Waals surface area contributed by atoms with Crippen LogP contribution >= 0.6 is 0 Å². The summed E-state index contributed by atoms with van der Waals surface area (Å²) in [5.41, 5.74) is 14.4. The number of nitrogens with one attached hydrogen (secondary N) is 2. The van der Waals surface area contributed by atoms with Gasteiger partial charge >= 0.3 is 6.03 Å². The molecule has 0 aromatic heterocycles. The second kappa shape index (κ2) is 10.4. The van der Waals surface area contributed by atoms with Gasteiger partial charge in [0.15, 0.2) is 0 Å². The molecule has 3 aromatic rings. The molecule has 0 bridgehead atoms. The maximum absolute atomic E-state index is 12.3. The van der Waals surface area contributed by atoms with Gasteiger partial charge in [0.1, 0.15) is 12.4 Å². The van der Waals surface area contributed by atoms with E-state index in [0.29, 0.717) is 23.7 Å². The van der Waals surface area contributed by atoms with Crippen molar-refractivity contribution in [3.05, 3.63) is 90.0 Å². The number of hydrogen-bond acceptors (Lipinski definition) is 4. The first kappa shape index (κ1) is 21.4. The van der Waals surface area contributed by atoms with Gasteiger partial charge in [-0.05, 0) is 54.4 Å². The van der Waals surface area contributed by atoms with Crippen LogP contribution in [0, 0.1) is 0 Å². The zero-order chi connectivity index (χ0) is 22.1. The summed E-state index contributed by atoms with van der Waals surface area (Å²) in [5.74, 6) is 0.619. The maximum atomic E-state index is 12.3. The molecule has 0 saturated carbocycles. The van der Waals surface area contributed by atoms with Crippen molar-refractivity contribution >= 4 is 29.1 Å². The van der Waals surface area contributed by atoms with Gasteiger partial charge in [0.2, 0.25) is 5.96 Å².